The van der Waals surface area contributed by atoms with Crippen LogP contribution in [0.2, 0.25) is 0 Å². The van der Waals surface area contributed by atoms with Crippen molar-refractivity contribution in [1.82, 2.24) is 5.32 Å². The third kappa shape index (κ3) is 5.45. The number of ether oxygens (including phenoxy) is 1. The maximum Gasteiger partial charge on any atom is 0.307 e. The molecular formula is C10H20ClNO2. The standard InChI is InChI=1S/C10H19NO2.ClH/c1-10(2,3)13-9(12)7-8-5-4-6-11-8;/h8,11H,4-7H2,1-3H3;1H/t8-;/m1./s1. The second-order valence-corrected chi connectivity index (χ2v) is 4.58. The summed E-state index contributed by atoms with van der Waals surface area (Å²) in [6.45, 7) is 6.72. The van der Waals surface area contributed by atoms with Crippen molar-refractivity contribution in [3.8, 4) is 0 Å². The smallest absolute Gasteiger partial charge is 0.307 e. The Bertz CT molecular complexity index is 183. The summed E-state index contributed by atoms with van der Waals surface area (Å²) in [5.41, 5.74) is -0.352. The molecule has 0 bridgehead atoms. The minimum atomic E-state index is -0.352. The van der Waals surface area contributed by atoms with Crippen molar-refractivity contribution in [2.45, 2.75) is 51.7 Å². The molecule has 0 saturated carbocycles. The predicted molar refractivity (Wildman–Crippen MR) is 58.7 cm³/mol. The molecule has 1 N–H and O–H groups in total. The second kappa shape index (κ2) is 5.56. The molecule has 0 radical (unpaired) electrons. The minimum Gasteiger partial charge on any atom is -0.460 e. The van der Waals surface area contributed by atoms with E-state index in [4.69, 9.17) is 4.74 Å². The molecule has 1 rings (SSSR count). The molecule has 0 aliphatic carbocycles. The van der Waals surface area contributed by atoms with Gasteiger partial charge in [0.05, 0.1) is 6.42 Å². The van der Waals surface area contributed by atoms with Crippen molar-refractivity contribution in [2.24, 2.45) is 0 Å². The molecule has 1 heterocycles. The zero-order valence-corrected chi connectivity index (χ0v) is 9.95. The monoisotopic (exact) mass is 221 g/mol. The lowest BCUT2D eigenvalue weighted by Gasteiger charge is -2.20. The van der Waals surface area contributed by atoms with Crippen LogP contribution in [0, 0.1) is 0 Å². The van der Waals surface area contributed by atoms with Crippen molar-refractivity contribution in [2.75, 3.05) is 6.54 Å². The van der Waals surface area contributed by atoms with E-state index in [1.54, 1.807) is 0 Å². The molecule has 0 aromatic heterocycles. The lowest BCUT2D eigenvalue weighted by molar-refractivity contribution is -0.155. The second-order valence-electron chi connectivity index (χ2n) is 4.58. The molecule has 1 aliphatic heterocycles. The molecule has 0 unspecified atom stereocenters. The summed E-state index contributed by atoms with van der Waals surface area (Å²) in [5, 5.41) is 3.27. The quantitative estimate of drug-likeness (QED) is 0.724. The summed E-state index contributed by atoms with van der Waals surface area (Å²) >= 11 is 0. The van der Waals surface area contributed by atoms with Gasteiger partial charge in [0.15, 0.2) is 0 Å². The molecular weight excluding hydrogens is 202 g/mol. The van der Waals surface area contributed by atoms with Gasteiger partial charge in [-0.05, 0) is 40.2 Å². The molecule has 0 aromatic carbocycles. The SMILES string of the molecule is CC(C)(C)OC(=O)C[C@H]1CCCN1.Cl. The maximum atomic E-state index is 11.4. The lowest BCUT2D eigenvalue weighted by Crippen LogP contribution is -2.30. The Balaban J connectivity index is 0.00000169. The van der Waals surface area contributed by atoms with Crippen LogP contribution in [0.25, 0.3) is 0 Å². The largest absolute Gasteiger partial charge is 0.460 e. The summed E-state index contributed by atoms with van der Waals surface area (Å²) in [6.07, 6.45) is 2.78. The van der Waals surface area contributed by atoms with E-state index in [1.165, 1.54) is 6.42 Å². The highest BCUT2D eigenvalue weighted by Crippen LogP contribution is 2.13. The highest BCUT2D eigenvalue weighted by Gasteiger charge is 2.22. The van der Waals surface area contributed by atoms with E-state index in [-0.39, 0.29) is 24.0 Å². The molecule has 3 nitrogen and oxygen atoms in total. The molecule has 0 aromatic rings. The average molecular weight is 222 g/mol. The number of esters is 1. The maximum absolute atomic E-state index is 11.4. The third-order valence-electron chi connectivity index (χ3n) is 2.00. The van der Waals surface area contributed by atoms with Gasteiger partial charge in [0.25, 0.3) is 0 Å². The Morgan fingerprint density at radius 2 is 2.14 bits per heavy atom. The summed E-state index contributed by atoms with van der Waals surface area (Å²) in [7, 11) is 0. The number of halogens is 1. The van der Waals surface area contributed by atoms with Gasteiger partial charge < -0.3 is 10.1 Å². The van der Waals surface area contributed by atoms with Gasteiger partial charge in [-0.2, -0.15) is 0 Å². The molecule has 1 saturated heterocycles. The van der Waals surface area contributed by atoms with Gasteiger partial charge in [0, 0.05) is 6.04 Å². The van der Waals surface area contributed by atoms with Gasteiger partial charge in [-0.1, -0.05) is 0 Å². The first kappa shape index (κ1) is 13.7. The highest BCUT2D eigenvalue weighted by molar-refractivity contribution is 5.85. The van der Waals surface area contributed by atoms with Gasteiger partial charge in [-0.15, -0.1) is 12.4 Å². The summed E-state index contributed by atoms with van der Waals surface area (Å²) in [6, 6.07) is 0.342. The topological polar surface area (TPSA) is 38.3 Å². The van der Waals surface area contributed by atoms with E-state index < -0.39 is 0 Å². The first-order valence-electron chi connectivity index (χ1n) is 4.92. The van der Waals surface area contributed by atoms with Crippen molar-refractivity contribution in [1.29, 1.82) is 0 Å². The van der Waals surface area contributed by atoms with Crippen molar-refractivity contribution < 1.29 is 9.53 Å². The van der Waals surface area contributed by atoms with Gasteiger partial charge in [0.2, 0.25) is 0 Å². The van der Waals surface area contributed by atoms with E-state index in [0.717, 1.165) is 13.0 Å². The van der Waals surface area contributed by atoms with E-state index in [2.05, 4.69) is 5.32 Å². The normalized spacial score (nSPS) is 21.5. The average Bonchev–Trinajstić information content (AvgIpc) is 2.34. The zero-order chi connectivity index (χ0) is 9.90. The Hall–Kier alpha value is -0.280. The Morgan fingerprint density at radius 1 is 1.50 bits per heavy atom. The Kier molecular flexibility index (Phi) is 5.45. The molecule has 1 atom stereocenters. The van der Waals surface area contributed by atoms with Crippen molar-refractivity contribution >= 4 is 18.4 Å². The Morgan fingerprint density at radius 3 is 2.57 bits per heavy atom. The third-order valence-corrected chi connectivity index (χ3v) is 2.00. The number of carbonyl (C=O) groups is 1. The zero-order valence-electron chi connectivity index (χ0n) is 9.13. The summed E-state index contributed by atoms with van der Waals surface area (Å²) in [4.78, 5) is 11.4. The van der Waals surface area contributed by atoms with Crippen LogP contribution in [0.15, 0.2) is 0 Å². The fourth-order valence-electron chi connectivity index (χ4n) is 1.52. The van der Waals surface area contributed by atoms with Crippen LogP contribution in [0.3, 0.4) is 0 Å². The Labute approximate surface area is 92.0 Å². The molecule has 14 heavy (non-hydrogen) atoms. The van der Waals surface area contributed by atoms with Crippen LogP contribution >= 0.6 is 12.4 Å². The molecule has 1 fully saturated rings. The number of rotatable bonds is 2. The van der Waals surface area contributed by atoms with Gasteiger partial charge >= 0.3 is 5.97 Å². The van der Waals surface area contributed by atoms with Crippen LogP contribution in [0.4, 0.5) is 0 Å². The molecule has 0 spiro atoms. The fraction of sp³-hybridized carbons (Fsp3) is 0.900. The van der Waals surface area contributed by atoms with E-state index in [0.29, 0.717) is 12.5 Å². The van der Waals surface area contributed by atoms with Crippen LogP contribution in [0.5, 0.6) is 0 Å². The highest BCUT2D eigenvalue weighted by atomic mass is 35.5. The van der Waals surface area contributed by atoms with Gasteiger partial charge in [-0.25, -0.2) is 0 Å². The van der Waals surface area contributed by atoms with Crippen LogP contribution in [0.1, 0.15) is 40.0 Å². The first-order valence-corrected chi connectivity index (χ1v) is 4.92. The van der Waals surface area contributed by atoms with Crippen LogP contribution in [-0.4, -0.2) is 24.2 Å². The lowest BCUT2D eigenvalue weighted by atomic mass is 10.1. The summed E-state index contributed by atoms with van der Waals surface area (Å²) < 4.78 is 5.22. The fourth-order valence-corrected chi connectivity index (χ4v) is 1.52. The van der Waals surface area contributed by atoms with E-state index >= 15 is 0 Å². The van der Waals surface area contributed by atoms with Crippen molar-refractivity contribution in [3.05, 3.63) is 0 Å². The summed E-state index contributed by atoms with van der Waals surface area (Å²) in [5.74, 6) is -0.0908. The molecule has 4 heteroatoms. The number of hydrogen-bond acceptors (Lipinski definition) is 3. The predicted octanol–water partition coefficient (Wildman–Crippen LogP) is 1.89. The molecule has 84 valence electrons. The van der Waals surface area contributed by atoms with E-state index in [9.17, 15) is 4.79 Å². The molecule has 1 aliphatic rings. The minimum absolute atomic E-state index is 0. The molecule has 0 amide bonds. The number of hydrogen-bond donors (Lipinski definition) is 1. The van der Waals surface area contributed by atoms with Crippen molar-refractivity contribution in [3.63, 3.8) is 0 Å². The number of carbonyl (C=O) groups excluding carboxylic acids is 1. The van der Waals surface area contributed by atoms with Gasteiger partial charge in [0.1, 0.15) is 5.60 Å². The van der Waals surface area contributed by atoms with Crippen LogP contribution in [-0.2, 0) is 9.53 Å². The first-order chi connectivity index (χ1) is 5.97. The van der Waals surface area contributed by atoms with Gasteiger partial charge in [-0.3, -0.25) is 4.79 Å². The van der Waals surface area contributed by atoms with Crippen LogP contribution < -0.4 is 5.32 Å². The number of nitrogens with one attached hydrogen (secondary N) is 1. The van der Waals surface area contributed by atoms with E-state index in [1.807, 2.05) is 20.8 Å².